The van der Waals surface area contributed by atoms with Crippen LogP contribution in [0.5, 0.6) is 0 Å². The van der Waals surface area contributed by atoms with Gasteiger partial charge in [-0.1, -0.05) is 0 Å². The van der Waals surface area contributed by atoms with E-state index in [1.807, 2.05) is 9.80 Å². The molecular formula is C17H22F2N2O2. The quantitative estimate of drug-likeness (QED) is 0.922. The summed E-state index contributed by atoms with van der Waals surface area (Å²) in [5.41, 5.74) is 0.00171. The average Bonchev–Trinajstić information content (AvgIpc) is 2.96. The number of likely N-dealkylation sites (tertiary alicyclic amines) is 2. The lowest BCUT2D eigenvalue weighted by Gasteiger charge is -2.37. The second kappa shape index (κ2) is 6.93. The largest absolute Gasteiger partial charge is 0.387 e. The number of carbonyl (C=O) groups excluding carboxylic acids is 1. The molecule has 1 atom stereocenters. The van der Waals surface area contributed by atoms with Gasteiger partial charge in [0.05, 0.1) is 6.10 Å². The number of piperidine rings is 1. The van der Waals surface area contributed by atoms with E-state index in [-0.39, 0.29) is 24.1 Å². The Morgan fingerprint density at radius 3 is 2.61 bits per heavy atom. The van der Waals surface area contributed by atoms with Gasteiger partial charge in [0, 0.05) is 44.2 Å². The Labute approximate surface area is 134 Å². The first kappa shape index (κ1) is 16.3. The van der Waals surface area contributed by atoms with E-state index in [2.05, 4.69) is 0 Å². The van der Waals surface area contributed by atoms with Crippen molar-refractivity contribution >= 4 is 5.91 Å². The number of aliphatic hydroxyl groups is 1. The van der Waals surface area contributed by atoms with Crippen LogP contribution in [-0.4, -0.2) is 53.0 Å². The number of rotatable bonds is 4. The highest BCUT2D eigenvalue weighted by Gasteiger charge is 2.31. The highest BCUT2D eigenvalue weighted by molar-refractivity contribution is 5.78. The molecule has 1 amide bonds. The van der Waals surface area contributed by atoms with Crippen molar-refractivity contribution < 1.29 is 18.7 Å². The number of hydrogen-bond acceptors (Lipinski definition) is 3. The molecule has 6 heteroatoms. The molecule has 0 aliphatic carbocycles. The van der Waals surface area contributed by atoms with Crippen molar-refractivity contribution in [1.29, 1.82) is 0 Å². The smallest absolute Gasteiger partial charge is 0.222 e. The molecule has 23 heavy (non-hydrogen) atoms. The predicted molar refractivity (Wildman–Crippen MR) is 81.7 cm³/mol. The topological polar surface area (TPSA) is 43.8 Å². The first-order valence-electron chi connectivity index (χ1n) is 8.19. The number of halogens is 2. The Bertz CT molecular complexity index is 574. The molecule has 3 rings (SSSR count). The highest BCUT2D eigenvalue weighted by Crippen LogP contribution is 2.24. The molecule has 1 unspecified atom stereocenters. The fraction of sp³-hybridized carbons (Fsp3) is 0.588. The summed E-state index contributed by atoms with van der Waals surface area (Å²) in [6, 6.07) is 3.42. The first-order valence-corrected chi connectivity index (χ1v) is 8.19. The first-order chi connectivity index (χ1) is 11.0. The third-order valence-corrected chi connectivity index (χ3v) is 4.86. The molecule has 0 radical (unpaired) electrons. The Hall–Kier alpha value is -1.53. The summed E-state index contributed by atoms with van der Waals surface area (Å²) >= 11 is 0. The van der Waals surface area contributed by atoms with Crippen LogP contribution >= 0.6 is 0 Å². The summed E-state index contributed by atoms with van der Waals surface area (Å²) in [6.07, 6.45) is 2.28. The SMILES string of the molecule is O=C1CCCN1C1CCN(CC(O)c2cc(F)ccc2F)CC1. The Morgan fingerprint density at radius 1 is 1.22 bits per heavy atom. The Kier molecular flexibility index (Phi) is 4.92. The number of amides is 1. The van der Waals surface area contributed by atoms with E-state index in [4.69, 9.17) is 0 Å². The maximum atomic E-state index is 13.7. The van der Waals surface area contributed by atoms with Crippen LogP contribution in [0.4, 0.5) is 8.78 Å². The van der Waals surface area contributed by atoms with Gasteiger partial charge in [0.2, 0.25) is 5.91 Å². The van der Waals surface area contributed by atoms with Crippen molar-refractivity contribution in [3.05, 3.63) is 35.4 Å². The van der Waals surface area contributed by atoms with Crippen LogP contribution in [0.15, 0.2) is 18.2 Å². The fourth-order valence-electron chi connectivity index (χ4n) is 3.58. The van der Waals surface area contributed by atoms with Crippen molar-refractivity contribution in [1.82, 2.24) is 9.80 Å². The molecule has 4 nitrogen and oxygen atoms in total. The van der Waals surface area contributed by atoms with E-state index in [1.165, 1.54) is 0 Å². The summed E-state index contributed by atoms with van der Waals surface area (Å²) in [5.74, 6) is -0.895. The molecular weight excluding hydrogens is 302 g/mol. The molecule has 1 N–H and O–H groups in total. The maximum Gasteiger partial charge on any atom is 0.222 e. The minimum absolute atomic E-state index is 0.00171. The Morgan fingerprint density at radius 2 is 1.96 bits per heavy atom. The number of benzene rings is 1. The average molecular weight is 324 g/mol. The molecule has 2 fully saturated rings. The van der Waals surface area contributed by atoms with E-state index in [0.717, 1.165) is 57.1 Å². The fourth-order valence-corrected chi connectivity index (χ4v) is 3.58. The van der Waals surface area contributed by atoms with Crippen LogP contribution in [0.25, 0.3) is 0 Å². The molecule has 0 aromatic heterocycles. The van der Waals surface area contributed by atoms with E-state index >= 15 is 0 Å². The lowest BCUT2D eigenvalue weighted by molar-refractivity contribution is -0.130. The van der Waals surface area contributed by atoms with Gasteiger partial charge in [0.1, 0.15) is 11.6 Å². The zero-order chi connectivity index (χ0) is 16.4. The summed E-state index contributed by atoms with van der Waals surface area (Å²) in [5, 5.41) is 10.2. The van der Waals surface area contributed by atoms with Gasteiger partial charge in [0.25, 0.3) is 0 Å². The van der Waals surface area contributed by atoms with Gasteiger partial charge in [-0.25, -0.2) is 8.78 Å². The van der Waals surface area contributed by atoms with E-state index in [9.17, 15) is 18.7 Å². The van der Waals surface area contributed by atoms with E-state index < -0.39 is 17.7 Å². The van der Waals surface area contributed by atoms with Crippen LogP contribution < -0.4 is 0 Å². The summed E-state index contributed by atoms with van der Waals surface area (Å²) in [4.78, 5) is 15.8. The number of aliphatic hydroxyl groups excluding tert-OH is 1. The van der Waals surface area contributed by atoms with Crippen molar-refractivity contribution in [3.63, 3.8) is 0 Å². The number of β-amino-alcohol motifs (C(OH)–C–C–N with tert-alkyl or cyclic N) is 1. The molecule has 1 aromatic carbocycles. The van der Waals surface area contributed by atoms with Crippen LogP contribution in [-0.2, 0) is 4.79 Å². The number of nitrogens with zero attached hydrogens (tertiary/aromatic N) is 2. The minimum Gasteiger partial charge on any atom is -0.387 e. The van der Waals surface area contributed by atoms with Crippen LogP contribution in [0.3, 0.4) is 0 Å². The number of carbonyl (C=O) groups is 1. The van der Waals surface area contributed by atoms with Gasteiger partial charge in [-0.3, -0.25) is 4.79 Å². The molecule has 0 spiro atoms. The van der Waals surface area contributed by atoms with Crippen molar-refractivity contribution in [3.8, 4) is 0 Å². The third kappa shape index (κ3) is 3.70. The van der Waals surface area contributed by atoms with Crippen molar-refractivity contribution in [2.24, 2.45) is 0 Å². The highest BCUT2D eigenvalue weighted by atomic mass is 19.1. The molecule has 126 valence electrons. The lowest BCUT2D eigenvalue weighted by atomic mass is 10.0. The van der Waals surface area contributed by atoms with Crippen LogP contribution in [0.2, 0.25) is 0 Å². The standard InChI is InChI=1S/C17H22F2N2O2/c18-12-3-4-15(19)14(10-12)16(22)11-20-8-5-13(6-9-20)21-7-1-2-17(21)23/h3-4,10,13,16,22H,1-2,5-9,11H2. The summed E-state index contributed by atoms with van der Waals surface area (Å²) < 4.78 is 26.9. The molecule has 1 aromatic rings. The van der Waals surface area contributed by atoms with E-state index in [0.29, 0.717) is 6.42 Å². The van der Waals surface area contributed by atoms with Crippen molar-refractivity contribution in [2.45, 2.75) is 37.8 Å². The van der Waals surface area contributed by atoms with Gasteiger partial charge in [-0.2, -0.15) is 0 Å². The molecule has 2 saturated heterocycles. The summed E-state index contributed by atoms with van der Waals surface area (Å²) in [7, 11) is 0. The lowest BCUT2D eigenvalue weighted by Crippen LogP contribution is -2.46. The molecule has 2 aliphatic heterocycles. The number of hydrogen-bond donors (Lipinski definition) is 1. The van der Waals surface area contributed by atoms with Crippen LogP contribution in [0, 0.1) is 11.6 Å². The second-order valence-electron chi connectivity index (χ2n) is 6.40. The van der Waals surface area contributed by atoms with Crippen LogP contribution in [0.1, 0.15) is 37.4 Å². The normalized spacial score (nSPS) is 21.9. The van der Waals surface area contributed by atoms with Gasteiger partial charge < -0.3 is 14.9 Å². The molecule has 0 saturated carbocycles. The third-order valence-electron chi connectivity index (χ3n) is 4.86. The molecule has 0 bridgehead atoms. The Balaban J connectivity index is 1.54. The minimum atomic E-state index is -1.05. The predicted octanol–water partition coefficient (Wildman–Crippen LogP) is 2.08. The maximum absolute atomic E-state index is 13.7. The second-order valence-corrected chi connectivity index (χ2v) is 6.40. The van der Waals surface area contributed by atoms with E-state index in [1.54, 1.807) is 0 Å². The van der Waals surface area contributed by atoms with Crippen molar-refractivity contribution in [2.75, 3.05) is 26.2 Å². The van der Waals surface area contributed by atoms with Gasteiger partial charge in [-0.05, 0) is 37.5 Å². The molecule has 2 heterocycles. The zero-order valence-corrected chi connectivity index (χ0v) is 13.0. The van der Waals surface area contributed by atoms with Gasteiger partial charge in [0.15, 0.2) is 0 Å². The summed E-state index contributed by atoms with van der Waals surface area (Å²) in [6.45, 7) is 2.63. The monoisotopic (exact) mass is 324 g/mol. The van der Waals surface area contributed by atoms with Gasteiger partial charge in [-0.15, -0.1) is 0 Å². The molecule has 2 aliphatic rings. The zero-order valence-electron chi connectivity index (χ0n) is 13.0. The van der Waals surface area contributed by atoms with Gasteiger partial charge >= 0.3 is 0 Å².